The summed E-state index contributed by atoms with van der Waals surface area (Å²) in [5, 5.41) is 14.9. The second-order valence-corrected chi connectivity index (χ2v) is 5.12. The van der Waals surface area contributed by atoms with Gasteiger partial charge in [0.2, 0.25) is 0 Å². The van der Waals surface area contributed by atoms with Crippen molar-refractivity contribution in [2.75, 3.05) is 13.2 Å². The summed E-state index contributed by atoms with van der Waals surface area (Å²) in [5.41, 5.74) is -0.160. The van der Waals surface area contributed by atoms with Gasteiger partial charge in [-0.05, 0) is 18.4 Å². The average molecular weight is 280 g/mol. The lowest BCUT2D eigenvalue weighted by atomic mass is 10.1. The Morgan fingerprint density at radius 3 is 2.74 bits per heavy atom. The van der Waals surface area contributed by atoms with E-state index in [2.05, 4.69) is 5.32 Å². The highest BCUT2D eigenvalue weighted by molar-refractivity contribution is 6.20. The van der Waals surface area contributed by atoms with Gasteiger partial charge in [0.15, 0.2) is 0 Å². The predicted octanol–water partition coefficient (Wildman–Crippen LogP) is 2.75. The summed E-state index contributed by atoms with van der Waals surface area (Å²) in [6.45, 7) is 2.47. The van der Waals surface area contributed by atoms with Crippen LogP contribution in [0.5, 0.6) is 5.75 Å². The molecule has 0 amide bonds. The van der Waals surface area contributed by atoms with E-state index < -0.39 is 6.10 Å². The van der Waals surface area contributed by atoms with E-state index in [1.165, 1.54) is 0 Å². The Morgan fingerprint density at radius 1 is 1.21 bits per heavy atom. The first kappa shape index (κ1) is 14.1. The zero-order chi connectivity index (χ0) is 13.7. The van der Waals surface area contributed by atoms with E-state index in [1.54, 1.807) is 0 Å². The first-order valence-corrected chi connectivity index (χ1v) is 6.76. The van der Waals surface area contributed by atoms with Crippen molar-refractivity contribution in [1.82, 2.24) is 5.32 Å². The number of rotatable bonds is 6. The number of halogens is 1. The van der Waals surface area contributed by atoms with Gasteiger partial charge in [-0.15, -0.1) is 11.6 Å². The number of nitrogens with one attached hydrogen (secondary N) is 1. The summed E-state index contributed by atoms with van der Waals surface area (Å²) < 4.78 is 5.68. The molecule has 2 N–H and O–H groups in total. The average Bonchev–Trinajstić information content (AvgIpc) is 2.42. The van der Waals surface area contributed by atoms with Crippen molar-refractivity contribution in [3.05, 3.63) is 42.5 Å². The van der Waals surface area contributed by atoms with Crippen molar-refractivity contribution in [3.63, 3.8) is 0 Å². The van der Waals surface area contributed by atoms with Gasteiger partial charge < -0.3 is 9.84 Å². The van der Waals surface area contributed by atoms with Crippen LogP contribution in [0.1, 0.15) is 6.92 Å². The minimum absolute atomic E-state index is 0.160. The molecule has 0 fully saturated rings. The molecule has 2 atom stereocenters. The van der Waals surface area contributed by atoms with E-state index in [0.29, 0.717) is 6.54 Å². The van der Waals surface area contributed by atoms with Gasteiger partial charge in [-0.3, -0.25) is 5.32 Å². The number of hydrogen-bond donors (Lipinski definition) is 2. The maximum absolute atomic E-state index is 9.79. The van der Waals surface area contributed by atoms with E-state index in [4.69, 9.17) is 16.3 Å². The van der Waals surface area contributed by atoms with Crippen molar-refractivity contribution < 1.29 is 9.84 Å². The van der Waals surface area contributed by atoms with Gasteiger partial charge in [0.25, 0.3) is 0 Å². The van der Waals surface area contributed by atoms with Gasteiger partial charge in [-0.1, -0.05) is 36.4 Å². The van der Waals surface area contributed by atoms with Crippen molar-refractivity contribution in [1.29, 1.82) is 0 Å². The number of aliphatic hydroxyl groups excluding tert-OH is 1. The van der Waals surface area contributed by atoms with Crippen molar-refractivity contribution in [2.24, 2.45) is 0 Å². The third-order valence-electron chi connectivity index (χ3n) is 2.82. The second kappa shape index (κ2) is 6.75. The summed E-state index contributed by atoms with van der Waals surface area (Å²) >= 11 is 5.75. The molecule has 19 heavy (non-hydrogen) atoms. The van der Waals surface area contributed by atoms with Crippen molar-refractivity contribution in [3.8, 4) is 5.75 Å². The second-order valence-electron chi connectivity index (χ2n) is 4.47. The molecule has 0 aliphatic heterocycles. The van der Waals surface area contributed by atoms with Gasteiger partial charge in [0.1, 0.15) is 18.5 Å². The molecule has 0 bridgehead atoms. The van der Waals surface area contributed by atoms with Crippen molar-refractivity contribution in [2.45, 2.75) is 18.5 Å². The molecule has 2 unspecified atom stereocenters. The fourth-order valence-electron chi connectivity index (χ4n) is 1.86. The minimum Gasteiger partial charge on any atom is -0.490 e. The van der Waals surface area contributed by atoms with E-state index in [9.17, 15) is 5.11 Å². The molecule has 0 aliphatic carbocycles. The van der Waals surface area contributed by atoms with Gasteiger partial charge >= 0.3 is 0 Å². The van der Waals surface area contributed by atoms with Gasteiger partial charge in [0, 0.05) is 11.9 Å². The van der Waals surface area contributed by atoms with Crippen LogP contribution in [0.2, 0.25) is 0 Å². The Balaban J connectivity index is 1.98. The molecule has 0 aliphatic rings. The lowest BCUT2D eigenvalue weighted by Crippen LogP contribution is -2.34. The molecule has 0 aromatic heterocycles. The first-order chi connectivity index (χ1) is 9.16. The number of benzene rings is 2. The zero-order valence-corrected chi connectivity index (χ0v) is 11.6. The van der Waals surface area contributed by atoms with E-state index in [-0.39, 0.29) is 12.1 Å². The largest absolute Gasteiger partial charge is 0.490 e. The zero-order valence-electron chi connectivity index (χ0n) is 10.8. The highest BCUT2D eigenvalue weighted by Gasteiger charge is 2.08. The number of alkyl halides is 1. The molecule has 0 heterocycles. The molecular formula is C15H18ClNO2. The van der Waals surface area contributed by atoms with Gasteiger partial charge in [-0.2, -0.15) is 0 Å². The Kier molecular flexibility index (Phi) is 5.02. The van der Waals surface area contributed by atoms with Gasteiger partial charge in [-0.25, -0.2) is 0 Å². The van der Waals surface area contributed by atoms with Crippen LogP contribution in [0, 0.1) is 0 Å². The molecule has 2 aromatic carbocycles. The Hall–Kier alpha value is -1.29. The molecule has 0 radical (unpaired) electrons. The quantitative estimate of drug-likeness (QED) is 0.631. The molecule has 0 saturated carbocycles. The minimum atomic E-state index is -0.583. The van der Waals surface area contributed by atoms with Crippen LogP contribution in [0.15, 0.2) is 42.5 Å². The van der Waals surface area contributed by atoms with E-state index >= 15 is 0 Å². The molecule has 102 valence electrons. The molecule has 4 heteroatoms. The van der Waals surface area contributed by atoms with E-state index in [1.807, 2.05) is 49.4 Å². The third kappa shape index (κ3) is 4.10. The number of hydrogen-bond acceptors (Lipinski definition) is 3. The fourth-order valence-corrected chi connectivity index (χ4v) is 1.95. The molecule has 2 aromatic rings. The smallest absolute Gasteiger partial charge is 0.127 e. The first-order valence-electron chi connectivity index (χ1n) is 6.33. The normalized spacial score (nSPS) is 14.3. The predicted molar refractivity (Wildman–Crippen MR) is 78.8 cm³/mol. The number of aliphatic hydroxyl groups is 1. The Morgan fingerprint density at radius 2 is 1.95 bits per heavy atom. The molecule has 0 spiro atoms. The number of fused-ring (bicyclic) bond motifs is 1. The summed E-state index contributed by atoms with van der Waals surface area (Å²) in [6, 6.07) is 13.9. The molecule has 3 nitrogen and oxygen atoms in total. The van der Waals surface area contributed by atoms with Crippen LogP contribution in [-0.2, 0) is 0 Å². The lowest BCUT2D eigenvalue weighted by molar-refractivity contribution is 0.107. The fraction of sp³-hybridized carbons (Fsp3) is 0.333. The standard InChI is InChI=1S/C15H18ClNO2/c1-11(16)17-9-13(18)10-19-15-8-4-6-12-5-2-3-7-14(12)15/h2-8,11,13,17-18H,9-10H2,1H3. The van der Waals surface area contributed by atoms with Crippen LogP contribution < -0.4 is 10.1 Å². The third-order valence-corrected chi connectivity index (χ3v) is 2.97. The number of ether oxygens (including phenoxy) is 1. The maximum atomic E-state index is 9.79. The SMILES string of the molecule is CC(Cl)NCC(O)COc1cccc2ccccc12. The summed E-state index contributed by atoms with van der Waals surface area (Å²) in [6.07, 6.45) is -0.583. The maximum Gasteiger partial charge on any atom is 0.127 e. The highest BCUT2D eigenvalue weighted by Crippen LogP contribution is 2.25. The lowest BCUT2D eigenvalue weighted by Gasteiger charge is -2.15. The Labute approximate surface area is 118 Å². The summed E-state index contributed by atoms with van der Waals surface area (Å²) in [7, 11) is 0. The van der Waals surface area contributed by atoms with Crippen LogP contribution in [0.4, 0.5) is 0 Å². The highest BCUT2D eigenvalue weighted by atomic mass is 35.5. The molecular weight excluding hydrogens is 262 g/mol. The van der Waals surface area contributed by atoms with Gasteiger partial charge in [0.05, 0.1) is 5.50 Å². The monoisotopic (exact) mass is 279 g/mol. The molecule has 0 saturated heterocycles. The van der Waals surface area contributed by atoms with Crippen LogP contribution in [0.25, 0.3) is 10.8 Å². The van der Waals surface area contributed by atoms with Crippen LogP contribution in [0.3, 0.4) is 0 Å². The topological polar surface area (TPSA) is 41.5 Å². The molecule has 2 rings (SSSR count). The Bertz CT molecular complexity index is 525. The van der Waals surface area contributed by atoms with Crippen LogP contribution >= 0.6 is 11.6 Å². The van der Waals surface area contributed by atoms with Crippen molar-refractivity contribution >= 4 is 22.4 Å². The van der Waals surface area contributed by atoms with Crippen LogP contribution in [-0.4, -0.2) is 29.9 Å². The summed E-state index contributed by atoms with van der Waals surface area (Å²) in [4.78, 5) is 0. The summed E-state index contributed by atoms with van der Waals surface area (Å²) in [5.74, 6) is 0.788. The van der Waals surface area contributed by atoms with E-state index in [0.717, 1.165) is 16.5 Å².